The zero-order chi connectivity index (χ0) is 20.1. The Morgan fingerprint density at radius 3 is 2.64 bits per heavy atom. The van der Waals surface area contributed by atoms with E-state index in [0.29, 0.717) is 18.5 Å². The SMILES string of the molecule is CCC(C)NS(=O)(=O)c1ccc(C(=O)NCc2nnc3n2CCCCC3)cc1. The van der Waals surface area contributed by atoms with Crippen LogP contribution in [-0.2, 0) is 29.5 Å². The first-order valence-electron chi connectivity index (χ1n) is 9.72. The number of aryl methyl sites for hydroxylation is 1. The third-order valence-electron chi connectivity index (χ3n) is 4.99. The lowest BCUT2D eigenvalue weighted by atomic mass is 10.2. The molecule has 0 saturated carbocycles. The maximum atomic E-state index is 12.4. The molecule has 0 radical (unpaired) electrons. The number of carbonyl (C=O) groups is 1. The van der Waals surface area contributed by atoms with Gasteiger partial charge in [0.2, 0.25) is 10.0 Å². The number of nitrogens with zero attached hydrogens (tertiary/aromatic N) is 3. The number of benzene rings is 1. The minimum atomic E-state index is -3.58. The summed E-state index contributed by atoms with van der Waals surface area (Å²) in [7, 11) is -3.58. The minimum Gasteiger partial charge on any atom is -0.345 e. The molecule has 0 spiro atoms. The van der Waals surface area contributed by atoms with Crippen molar-refractivity contribution in [2.75, 3.05) is 0 Å². The number of sulfonamides is 1. The van der Waals surface area contributed by atoms with Gasteiger partial charge in [0.15, 0.2) is 5.82 Å². The van der Waals surface area contributed by atoms with Gasteiger partial charge in [0.25, 0.3) is 5.91 Å². The van der Waals surface area contributed by atoms with Crippen LogP contribution in [0.5, 0.6) is 0 Å². The third-order valence-corrected chi connectivity index (χ3v) is 6.59. The molecule has 152 valence electrons. The summed E-state index contributed by atoms with van der Waals surface area (Å²) in [4.78, 5) is 12.6. The number of hydrogen-bond acceptors (Lipinski definition) is 5. The van der Waals surface area contributed by atoms with E-state index < -0.39 is 10.0 Å². The van der Waals surface area contributed by atoms with Gasteiger partial charge in [0.1, 0.15) is 5.82 Å². The van der Waals surface area contributed by atoms with Crippen molar-refractivity contribution >= 4 is 15.9 Å². The van der Waals surface area contributed by atoms with Crippen molar-refractivity contribution in [2.24, 2.45) is 0 Å². The zero-order valence-electron chi connectivity index (χ0n) is 16.3. The van der Waals surface area contributed by atoms with Gasteiger partial charge in [-0.15, -0.1) is 10.2 Å². The maximum absolute atomic E-state index is 12.4. The van der Waals surface area contributed by atoms with Gasteiger partial charge in [-0.05, 0) is 50.5 Å². The molecule has 9 heteroatoms. The Hall–Kier alpha value is -2.26. The maximum Gasteiger partial charge on any atom is 0.251 e. The van der Waals surface area contributed by atoms with E-state index in [1.807, 2.05) is 13.8 Å². The summed E-state index contributed by atoms with van der Waals surface area (Å²) in [5, 5.41) is 11.3. The van der Waals surface area contributed by atoms with Gasteiger partial charge in [-0.3, -0.25) is 4.79 Å². The van der Waals surface area contributed by atoms with Gasteiger partial charge in [0, 0.05) is 24.6 Å². The predicted octanol–water partition coefficient (Wildman–Crippen LogP) is 2.01. The standard InChI is InChI=1S/C19H27N5O3S/c1-3-14(2)23-28(26,27)16-10-8-15(9-11-16)19(25)20-13-18-22-21-17-7-5-4-6-12-24(17)18/h8-11,14,23H,3-7,12-13H2,1-2H3,(H,20,25). The summed E-state index contributed by atoms with van der Waals surface area (Å²) >= 11 is 0. The highest BCUT2D eigenvalue weighted by Crippen LogP contribution is 2.15. The predicted molar refractivity (Wildman–Crippen MR) is 105 cm³/mol. The molecular weight excluding hydrogens is 378 g/mol. The molecule has 2 heterocycles. The fourth-order valence-electron chi connectivity index (χ4n) is 3.14. The van der Waals surface area contributed by atoms with Crippen molar-refractivity contribution in [3.8, 4) is 0 Å². The molecule has 1 atom stereocenters. The van der Waals surface area contributed by atoms with Crippen molar-refractivity contribution in [3.63, 3.8) is 0 Å². The number of amides is 1. The van der Waals surface area contributed by atoms with E-state index in [1.165, 1.54) is 30.7 Å². The van der Waals surface area contributed by atoms with Crippen LogP contribution in [0.3, 0.4) is 0 Å². The number of aromatic nitrogens is 3. The quantitative estimate of drug-likeness (QED) is 0.733. The van der Waals surface area contributed by atoms with Gasteiger partial charge in [-0.25, -0.2) is 13.1 Å². The number of nitrogens with one attached hydrogen (secondary N) is 2. The Balaban J connectivity index is 1.63. The van der Waals surface area contributed by atoms with Gasteiger partial charge >= 0.3 is 0 Å². The molecule has 1 aliphatic heterocycles. The third kappa shape index (κ3) is 4.77. The summed E-state index contributed by atoms with van der Waals surface area (Å²) < 4.78 is 29.3. The average Bonchev–Trinajstić information content (AvgIpc) is 2.91. The molecule has 0 aliphatic carbocycles. The fourth-order valence-corrected chi connectivity index (χ4v) is 4.47. The van der Waals surface area contributed by atoms with Crippen LogP contribution in [0.1, 0.15) is 61.5 Å². The molecule has 0 bridgehead atoms. The molecule has 1 aromatic heterocycles. The highest BCUT2D eigenvalue weighted by atomic mass is 32.2. The molecule has 0 saturated heterocycles. The summed E-state index contributed by atoms with van der Waals surface area (Å²) in [6.07, 6.45) is 5.00. The van der Waals surface area contributed by atoms with E-state index in [4.69, 9.17) is 0 Å². The molecule has 1 aliphatic rings. The molecule has 8 nitrogen and oxygen atoms in total. The van der Waals surface area contributed by atoms with E-state index in [2.05, 4.69) is 24.8 Å². The first-order chi connectivity index (χ1) is 13.4. The van der Waals surface area contributed by atoms with Crippen LogP contribution in [0.2, 0.25) is 0 Å². The molecule has 28 heavy (non-hydrogen) atoms. The molecule has 1 aromatic carbocycles. The highest BCUT2D eigenvalue weighted by molar-refractivity contribution is 7.89. The van der Waals surface area contributed by atoms with Gasteiger partial charge < -0.3 is 9.88 Å². The molecule has 0 fully saturated rings. The van der Waals surface area contributed by atoms with Gasteiger partial charge in [-0.2, -0.15) is 0 Å². The Morgan fingerprint density at radius 1 is 1.18 bits per heavy atom. The van der Waals surface area contributed by atoms with Crippen molar-refractivity contribution in [2.45, 2.75) is 70.0 Å². The highest BCUT2D eigenvalue weighted by Gasteiger charge is 2.18. The molecule has 1 amide bonds. The summed E-state index contributed by atoms with van der Waals surface area (Å²) in [5.74, 6) is 1.46. The first-order valence-corrected chi connectivity index (χ1v) is 11.2. The molecular formula is C19H27N5O3S. The number of fused-ring (bicyclic) bond motifs is 1. The van der Waals surface area contributed by atoms with E-state index in [0.717, 1.165) is 37.5 Å². The second-order valence-electron chi connectivity index (χ2n) is 7.13. The van der Waals surface area contributed by atoms with Crippen molar-refractivity contribution < 1.29 is 13.2 Å². The van der Waals surface area contributed by atoms with Crippen LogP contribution < -0.4 is 10.0 Å². The summed E-state index contributed by atoms with van der Waals surface area (Å²) in [5.41, 5.74) is 0.401. The number of rotatable bonds is 7. The van der Waals surface area contributed by atoms with Crippen LogP contribution >= 0.6 is 0 Å². The number of carbonyl (C=O) groups excluding carboxylic acids is 1. The summed E-state index contributed by atoms with van der Waals surface area (Å²) in [6.45, 7) is 4.89. The van der Waals surface area contributed by atoms with Crippen molar-refractivity contribution in [1.82, 2.24) is 24.8 Å². The lowest BCUT2D eigenvalue weighted by Gasteiger charge is -2.12. The second-order valence-corrected chi connectivity index (χ2v) is 8.85. The summed E-state index contributed by atoms with van der Waals surface area (Å²) in [6, 6.07) is 5.78. The van der Waals surface area contributed by atoms with E-state index in [1.54, 1.807) is 0 Å². The number of hydrogen-bond donors (Lipinski definition) is 2. The molecule has 1 unspecified atom stereocenters. The molecule has 2 N–H and O–H groups in total. The normalized spacial score (nSPS) is 15.5. The van der Waals surface area contributed by atoms with Crippen LogP contribution in [-0.4, -0.2) is 35.1 Å². The zero-order valence-corrected chi connectivity index (χ0v) is 17.1. The molecule has 2 aromatic rings. The largest absolute Gasteiger partial charge is 0.345 e. The Kier molecular flexibility index (Phi) is 6.46. The Morgan fingerprint density at radius 2 is 1.93 bits per heavy atom. The van der Waals surface area contributed by atoms with E-state index in [9.17, 15) is 13.2 Å². The smallest absolute Gasteiger partial charge is 0.251 e. The fraction of sp³-hybridized carbons (Fsp3) is 0.526. The minimum absolute atomic E-state index is 0.145. The molecule has 3 rings (SSSR count). The van der Waals surface area contributed by atoms with Crippen LogP contribution in [0.15, 0.2) is 29.2 Å². The topological polar surface area (TPSA) is 106 Å². The van der Waals surface area contributed by atoms with Crippen molar-refractivity contribution in [3.05, 3.63) is 41.5 Å². The van der Waals surface area contributed by atoms with Crippen LogP contribution in [0.4, 0.5) is 0 Å². The van der Waals surface area contributed by atoms with E-state index in [-0.39, 0.29) is 16.8 Å². The first kappa shape index (κ1) is 20.5. The average molecular weight is 406 g/mol. The van der Waals surface area contributed by atoms with Crippen LogP contribution in [0, 0.1) is 0 Å². The monoisotopic (exact) mass is 405 g/mol. The van der Waals surface area contributed by atoms with Gasteiger partial charge in [-0.1, -0.05) is 13.3 Å². The lowest BCUT2D eigenvalue weighted by Crippen LogP contribution is -2.32. The Bertz CT molecular complexity index is 922. The van der Waals surface area contributed by atoms with Crippen molar-refractivity contribution in [1.29, 1.82) is 0 Å². The van der Waals surface area contributed by atoms with E-state index >= 15 is 0 Å². The second kappa shape index (κ2) is 8.83. The van der Waals surface area contributed by atoms with Gasteiger partial charge in [0.05, 0.1) is 11.4 Å². The van der Waals surface area contributed by atoms with Crippen LogP contribution in [0.25, 0.3) is 0 Å². The Labute approximate surface area is 165 Å². The lowest BCUT2D eigenvalue weighted by molar-refractivity contribution is 0.0949.